The highest BCUT2D eigenvalue weighted by molar-refractivity contribution is 5.83. The first-order valence-electron chi connectivity index (χ1n) is 5.75. The highest BCUT2D eigenvalue weighted by Gasteiger charge is 2.27. The Kier molecular flexibility index (Phi) is 3.91. The van der Waals surface area contributed by atoms with Crippen LogP contribution in [0.1, 0.15) is 47.0 Å². The van der Waals surface area contributed by atoms with Crippen molar-refractivity contribution >= 4 is 5.78 Å². The van der Waals surface area contributed by atoms with Gasteiger partial charge in [-0.3, -0.25) is 4.79 Å². The van der Waals surface area contributed by atoms with E-state index in [1.54, 1.807) is 0 Å². The van der Waals surface area contributed by atoms with Crippen LogP contribution in [0.3, 0.4) is 0 Å². The van der Waals surface area contributed by atoms with Crippen molar-refractivity contribution in [2.75, 3.05) is 0 Å². The van der Waals surface area contributed by atoms with E-state index in [-0.39, 0.29) is 5.92 Å². The SMILES string of the molecule is CCC(=O)[C@H]1C[C@@H](C(C)C)CC=C1C. The third-order valence-electron chi connectivity index (χ3n) is 3.51. The molecule has 0 amide bonds. The van der Waals surface area contributed by atoms with Gasteiger partial charge in [0.1, 0.15) is 5.78 Å². The second-order valence-electron chi connectivity index (χ2n) is 4.80. The van der Waals surface area contributed by atoms with Gasteiger partial charge in [-0.25, -0.2) is 0 Å². The molecule has 0 heterocycles. The molecule has 1 aliphatic carbocycles. The van der Waals surface area contributed by atoms with Crippen molar-refractivity contribution in [1.29, 1.82) is 0 Å². The fraction of sp³-hybridized carbons (Fsp3) is 0.769. The lowest BCUT2D eigenvalue weighted by Gasteiger charge is -2.29. The molecule has 0 fully saturated rings. The van der Waals surface area contributed by atoms with Gasteiger partial charge in [0.05, 0.1) is 0 Å². The molecule has 80 valence electrons. The van der Waals surface area contributed by atoms with E-state index in [0.29, 0.717) is 24.0 Å². The highest BCUT2D eigenvalue weighted by Crippen LogP contribution is 2.34. The molecular weight excluding hydrogens is 172 g/mol. The third-order valence-corrected chi connectivity index (χ3v) is 3.51. The van der Waals surface area contributed by atoms with Gasteiger partial charge in [0, 0.05) is 12.3 Å². The van der Waals surface area contributed by atoms with E-state index >= 15 is 0 Å². The quantitative estimate of drug-likeness (QED) is 0.627. The molecule has 0 aromatic heterocycles. The summed E-state index contributed by atoms with van der Waals surface area (Å²) in [5.74, 6) is 2.05. The Hall–Kier alpha value is -0.590. The summed E-state index contributed by atoms with van der Waals surface area (Å²) < 4.78 is 0. The minimum Gasteiger partial charge on any atom is -0.299 e. The lowest BCUT2D eigenvalue weighted by Crippen LogP contribution is -2.24. The number of hydrogen-bond donors (Lipinski definition) is 0. The van der Waals surface area contributed by atoms with Gasteiger partial charge >= 0.3 is 0 Å². The molecule has 0 spiro atoms. The molecule has 0 saturated carbocycles. The molecular formula is C13H22O. The topological polar surface area (TPSA) is 17.1 Å². The van der Waals surface area contributed by atoms with E-state index in [0.717, 1.165) is 12.8 Å². The Morgan fingerprint density at radius 1 is 1.57 bits per heavy atom. The maximum absolute atomic E-state index is 11.7. The van der Waals surface area contributed by atoms with Crippen molar-refractivity contribution in [3.63, 3.8) is 0 Å². The first kappa shape index (κ1) is 11.5. The van der Waals surface area contributed by atoms with Crippen LogP contribution in [0.2, 0.25) is 0 Å². The Balaban J connectivity index is 2.71. The van der Waals surface area contributed by atoms with Crippen LogP contribution in [0, 0.1) is 17.8 Å². The maximum Gasteiger partial charge on any atom is 0.139 e. The molecule has 0 saturated heterocycles. The van der Waals surface area contributed by atoms with Crippen LogP contribution >= 0.6 is 0 Å². The lowest BCUT2D eigenvalue weighted by molar-refractivity contribution is -0.122. The van der Waals surface area contributed by atoms with Crippen LogP contribution in [-0.4, -0.2) is 5.78 Å². The number of rotatable bonds is 3. The van der Waals surface area contributed by atoms with Gasteiger partial charge in [0.2, 0.25) is 0 Å². The fourth-order valence-corrected chi connectivity index (χ4v) is 2.24. The molecule has 14 heavy (non-hydrogen) atoms. The molecule has 1 aliphatic rings. The van der Waals surface area contributed by atoms with E-state index in [1.807, 2.05) is 6.92 Å². The average Bonchev–Trinajstić information content (AvgIpc) is 2.17. The minimum atomic E-state index is 0.223. The largest absolute Gasteiger partial charge is 0.299 e. The summed E-state index contributed by atoms with van der Waals surface area (Å²) in [6, 6.07) is 0. The van der Waals surface area contributed by atoms with Gasteiger partial charge in [-0.15, -0.1) is 0 Å². The summed E-state index contributed by atoms with van der Waals surface area (Å²) >= 11 is 0. The van der Waals surface area contributed by atoms with Crippen LogP contribution in [0.4, 0.5) is 0 Å². The molecule has 2 atom stereocenters. The Labute approximate surface area is 87.6 Å². The van der Waals surface area contributed by atoms with Crippen LogP contribution in [0.25, 0.3) is 0 Å². The van der Waals surface area contributed by atoms with E-state index in [4.69, 9.17) is 0 Å². The smallest absolute Gasteiger partial charge is 0.139 e. The molecule has 0 aliphatic heterocycles. The lowest BCUT2D eigenvalue weighted by atomic mass is 9.75. The first-order chi connectivity index (χ1) is 6.56. The standard InChI is InChI=1S/C13H22O/c1-5-13(14)12-8-11(9(2)3)7-6-10(12)4/h6,9,11-12H,5,7-8H2,1-4H3/t11-,12-/m0/s1. The molecule has 1 nitrogen and oxygen atoms in total. The molecule has 0 bridgehead atoms. The normalized spacial score (nSPS) is 27.6. The van der Waals surface area contributed by atoms with Crippen molar-refractivity contribution in [2.24, 2.45) is 17.8 Å². The van der Waals surface area contributed by atoms with Gasteiger partial charge in [0.15, 0.2) is 0 Å². The zero-order chi connectivity index (χ0) is 10.7. The minimum absolute atomic E-state index is 0.223. The van der Waals surface area contributed by atoms with Crippen molar-refractivity contribution in [3.8, 4) is 0 Å². The molecule has 0 radical (unpaired) electrons. The summed E-state index contributed by atoms with van der Waals surface area (Å²) in [4.78, 5) is 11.7. The van der Waals surface area contributed by atoms with E-state index in [9.17, 15) is 4.79 Å². The summed E-state index contributed by atoms with van der Waals surface area (Å²) in [7, 11) is 0. The number of carbonyl (C=O) groups excluding carboxylic acids is 1. The zero-order valence-corrected chi connectivity index (χ0v) is 9.84. The van der Waals surface area contributed by atoms with Gasteiger partial charge < -0.3 is 0 Å². The predicted octanol–water partition coefficient (Wildman–Crippen LogP) is 3.59. The van der Waals surface area contributed by atoms with Gasteiger partial charge in [-0.2, -0.15) is 0 Å². The highest BCUT2D eigenvalue weighted by atomic mass is 16.1. The van der Waals surface area contributed by atoms with Gasteiger partial charge in [-0.05, 0) is 31.6 Å². The number of allylic oxidation sites excluding steroid dienone is 2. The van der Waals surface area contributed by atoms with Crippen molar-refractivity contribution < 1.29 is 4.79 Å². The monoisotopic (exact) mass is 194 g/mol. The summed E-state index contributed by atoms with van der Waals surface area (Å²) in [5, 5.41) is 0. The molecule has 0 aromatic carbocycles. The van der Waals surface area contributed by atoms with Gasteiger partial charge in [0.25, 0.3) is 0 Å². The maximum atomic E-state index is 11.7. The fourth-order valence-electron chi connectivity index (χ4n) is 2.24. The van der Waals surface area contributed by atoms with E-state index in [1.165, 1.54) is 5.57 Å². The molecule has 1 rings (SSSR count). The summed E-state index contributed by atoms with van der Waals surface area (Å²) in [5.41, 5.74) is 1.30. The Bertz CT molecular complexity index is 238. The number of carbonyl (C=O) groups is 1. The summed E-state index contributed by atoms with van der Waals surface area (Å²) in [6.07, 6.45) is 5.19. The van der Waals surface area contributed by atoms with Crippen molar-refractivity contribution in [3.05, 3.63) is 11.6 Å². The van der Waals surface area contributed by atoms with Gasteiger partial charge in [-0.1, -0.05) is 32.4 Å². The first-order valence-corrected chi connectivity index (χ1v) is 5.75. The molecule has 0 aromatic rings. The molecule has 0 unspecified atom stereocenters. The zero-order valence-electron chi connectivity index (χ0n) is 9.84. The van der Waals surface area contributed by atoms with E-state index in [2.05, 4.69) is 26.8 Å². The van der Waals surface area contributed by atoms with Crippen molar-refractivity contribution in [2.45, 2.75) is 47.0 Å². The summed E-state index contributed by atoms with van der Waals surface area (Å²) in [6.45, 7) is 8.59. The van der Waals surface area contributed by atoms with Crippen LogP contribution in [0.15, 0.2) is 11.6 Å². The Morgan fingerprint density at radius 3 is 2.71 bits per heavy atom. The number of ketones is 1. The second kappa shape index (κ2) is 4.77. The van der Waals surface area contributed by atoms with E-state index < -0.39 is 0 Å². The Morgan fingerprint density at radius 2 is 2.21 bits per heavy atom. The average molecular weight is 194 g/mol. The number of hydrogen-bond acceptors (Lipinski definition) is 1. The number of Topliss-reactive ketones (excluding diaryl/α,β-unsaturated/α-hetero) is 1. The second-order valence-corrected chi connectivity index (χ2v) is 4.80. The third kappa shape index (κ3) is 2.46. The molecule has 1 heteroatoms. The van der Waals surface area contributed by atoms with Crippen molar-refractivity contribution in [1.82, 2.24) is 0 Å². The predicted molar refractivity (Wildman–Crippen MR) is 60.1 cm³/mol. The van der Waals surface area contributed by atoms with Crippen LogP contribution in [-0.2, 0) is 4.79 Å². The van der Waals surface area contributed by atoms with Crippen LogP contribution < -0.4 is 0 Å². The van der Waals surface area contributed by atoms with Crippen LogP contribution in [0.5, 0.6) is 0 Å². The molecule has 0 N–H and O–H groups in total.